The Hall–Kier alpha value is -2.22. The summed E-state index contributed by atoms with van der Waals surface area (Å²) in [4.78, 5) is 36.0. The lowest BCUT2D eigenvalue weighted by Gasteiger charge is -2.23. The number of methoxy groups -OCH3 is 1. The molecule has 0 aliphatic carbocycles. The van der Waals surface area contributed by atoms with Crippen LogP contribution in [0, 0.1) is 11.8 Å². The standard InChI is InChI=1S/C15H23N5O3/c1-16-14(21)9-19(2)15(22)12-8-20(7-11(12)10-23-3)13-6-17-4-5-18-13/h4-6,11-12H,7-10H2,1-3H3,(H,16,21)/t11-,12+/m0/s1. The van der Waals surface area contributed by atoms with Gasteiger partial charge in [0.1, 0.15) is 5.82 Å². The number of hydrogen-bond donors (Lipinski definition) is 1. The van der Waals surface area contributed by atoms with Crippen molar-refractivity contribution in [2.45, 2.75) is 0 Å². The van der Waals surface area contributed by atoms with E-state index in [9.17, 15) is 9.59 Å². The number of amides is 2. The highest BCUT2D eigenvalue weighted by atomic mass is 16.5. The van der Waals surface area contributed by atoms with Crippen LogP contribution in [-0.4, -0.2) is 74.1 Å². The first-order chi connectivity index (χ1) is 11.1. The molecule has 126 valence electrons. The molecule has 1 aromatic rings. The van der Waals surface area contributed by atoms with Crippen LogP contribution in [0.5, 0.6) is 0 Å². The van der Waals surface area contributed by atoms with Gasteiger partial charge in [-0.05, 0) is 0 Å². The predicted octanol–water partition coefficient (Wildman–Crippen LogP) is -0.620. The van der Waals surface area contributed by atoms with E-state index in [0.717, 1.165) is 5.82 Å². The van der Waals surface area contributed by atoms with Gasteiger partial charge in [-0.1, -0.05) is 0 Å². The lowest BCUT2D eigenvalue weighted by molar-refractivity contribution is -0.138. The van der Waals surface area contributed by atoms with Crippen LogP contribution in [0.3, 0.4) is 0 Å². The van der Waals surface area contributed by atoms with E-state index in [0.29, 0.717) is 19.7 Å². The third-order valence-electron chi connectivity index (χ3n) is 4.05. The molecule has 2 rings (SSSR count). The minimum absolute atomic E-state index is 0.0523. The molecule has 1 saturated heterocycles. The normalized spacial score (nSPS) is 20.4. The second kappa shape index (κ2) is 7.87. The summed E-state index contributed by atoms with van der Waals surface area (Å²) in [7, 11) is 4.83. The van der Waals surface area contributed by atoms with Gasteiger partial charge in [0, 0.05) is 52.6 Å². The van der Waals surface area contributed by atoms with E-state index in [1.807, 2.05) is 4.90 Å². The summed E-state index contributed by atoms with van der Waals surface area (Å²) >= 11 is 0. The molecule has 2 atom stereocenters. The molecule has 23 heavy (non-hydrogen) atoms. The summed E-state index contributed by atoms with van der Waals surface area (Å²) in [6.45, 7) is 1.76. The van der Waals surface area contributed by atoms with Gasteiger partial charge in [0.25, 0.3) is 0 Å². The number of hydrogen-bond acceptors (Lipinski definition) is 6. The summed E-state index contributed by atoms with van der Waals surface area (Å²) in [5.74, 6) is 0.334. The van der Waals surface area contributed by atoms with Gasteiger partial charge in [0.2, 0.25) is 11.8 Å². The maximum absolute atomic E-state index is 12.7. The van der Waals surface area contributed by atoms with Crippen LogP contribution in [0.2, 0.25) is 0 Å². The molecule has 2 heterocycles. The Labute approximate surface area is 135 Å². The summed E-state index contributed by atoms with van der Waals surface area (Å²) in [6, 6.07) is 0. The number of carbonyl (C=O) groups excluding carboxylic acids is 2. The maximum Gasteiger partial charge on any atom is 0.239 e. The van der Waals surface area contributed by atoms with E-state index in [4.69, 9.17) is 4.74 Å². The van der Waals surface area contributed by atoms with Crippen molar-refractivity contribution < 1.29 is 14.3 Å². The zero-order valence-corrected chi connectivity index (χ0v) is 13.7. The first-order valence-electron chi connectivity index (χ1n) is 7.52. The summed E-state index contributed by atoms with van der Waals surface area (Å²) in [5, 5.41) is 2.53. The van der Waals surface area contributed by atoms with Crippen LogP contribution in [0.25, 0.3) is 0 Å². The molecule has 0 unspecified atom stereocenters. The monoisotopic (exact) mass is 321 g/mol. The predicted molar refractivity (Wildman–Crippen MR) is 84.8 cm³/mol. The van der Waals surface area contributed by atoms with Crippen molar-refractivity contribution in [3.05, 3.63) is 18.6 Å². The molecule has 8 heteroatoms. The van der Waals surface area contributed by atoms with Crippen molar-refractivity contribution in [1.29, 1.82) is 0 Å². The van der Waals surface area contributed by atoms with Crippen molar-refractivity contribution in [3.8, 4) is 0 Å². The molecular formula is C15H23N5O3. The molecule has 0 saturated carbocycles. The molecule has 0 radical (unpaired) electrons. The minimum atomic E-state index is -0.230. The van der Waals surface area contributed by atoms with Crippen LogP contribution >= 0.6 is 0 Å². The molecule has 0 bridgehead atoms. The summed E-state index contributed by atoms with van der Waals surface area (Å²) < 4.78 is 5.26. The molecule has 1 aliphatic rings. The van der Waals surface area contributed by atoms with Crippen molar-refractivity contribution in [3.63, 3.8) is 0 Å². The molecule has 0 aromatic carbocycles. The van der Waals surface area contributed by atoms with Gasteiger partial charge in [-0.15, -0.1) is 0 Å². The third kappa shape index (κ3) is 4.16. The fraction of sp³-hybridized carbons (Fsp3) is 0.600. The molecular weight excluding hydrogens is 298 g/mol. The van der Waals surface area contributed by atoms with Crippen LogP contribution in [0.1, 0.15) is 0 Å². The van der Waals surface area contributed by atoms with E-state index in [1.165, 1.54) is 4.90 Å². The average molecular weight is 321 g/mol. The molecule has 1 aliphatic heterocycles. The van der Waals surface area contributed by atoms with Gasteiger partial charge < -0.3 is 19.9 Å². The number of ether oxygens (including phenoxy) is 1. The number of carbonyl (C=O) groups is 2. The number of nitrogens with zero attached hydrogens (tertiary/aromatic N) is 4. The Morgan fingerprint density at radius 1 is 1.43 bits per heavy atom. The highest BCUT2D eigenvalue weighted by Gasteiger charge is 2.39. The maximum atomic E-state index is 12.7. The van der Waals surface area contributed by atoms with Crippen molar-refractivity contribution in [1.82, 2.24) is 20.2 Å². The Kier molecular flexibility index (Phi) is 5.86. The zero-order valence-electron chi connectivity index (χ0n) is 13.7. The molecule has 1 aromatic heterocycles. The SMILES string of the molecule is CNC(=O)CN(C)C(=O)[C@@H]1CN(c2cnccn2)C[C@H]1COC. The number of rotatable bonds is 6. The molecule has 1 fully saturated rings. The number of aromatic nitrogens is 2. The second-order valence-electron chi connectivity index (χ2n) is 5.66. The Bertz CT molecular complexity index is 539. The van der Waals surface area contributed by atoms with E-state index in [1.54, 1.807) is 39.8 Å². The van der Waals surface area contributed by atoms with Crippen molar-refractivity contribution >= 4 is 17.6 Å². The smallest absolute Gasteiger partial charge is 0.239 e. The number of anilines is 1. The van der Waals surface area contributed by atoms with Crippen molar-refractivity contribution in [2.24, 2.45) is 11.8 Å². The van der Waals surface area contributed by atoms with Gasteiger partial charge in [-0.25, -0.2) is 4.98 Å². The van der Waals surface area contributed by atoms with Gasteiger partial charge in [-0.3, -0.25) is 14.6 Å². The molecule has 2 amide bonds. The first kappa shape index (κ1) is 17.1. The van der Waals surface area contributed by atoms with Gasteiger partial charge in [-0.2, -0.15) is 0 Å². The topological polar surface area (TPSA) is 87.7 Å². The number of nitrogens with one attached hydrogen (secondary N) is 1. The Morgan fingerprint density at radius 3 is 2.83 bits per heavy atom. The van der Waals surface area contributed by atoms with Crippen LogP contribution in [-0.2, 0) is 14.3 Å². The van der Waals surface area contributed by atoms with Gasteiger partial charge >= 0.3 is 0 Å². The highest BCUT2D eigenvalue weighted by molar-refractivity contribution is 5.86. The lowest BCUT2D eigenvalue weighted by Crippen LogP contribution is -2.42. The molecule has 1 N–H and O–H groups in total. The van der Waals surface area contributed by atoms with E-state index in [-0.39, 0.29) is 30.2 Å². The van der Waals surface area contributed by atoms with E-state index >= 15 is 0 Å². The van der Waals surface area contributed by atoms with Crippen molar-refractivity contribution in [2.75, 3.05) is 52.3 Å². The highest BCUT2D eigenvalue weighted by Crippen LogP contribution is 2.28. The first-order valence-corrected chi connectivity index (χ1v) is 7.52. The summed E-state index contributed by atoms with van der Waals surface area (Å²) in [6.07, 6.45) is 4.93. The largest absolute Gasteiger partial charge is 0.384 e. The van der Waals surface area contributed by atoms with Gasteiger partial charge in [0.05, 0.1) is 25.3 Å². The second-order valence-corrected chi connectivity index (χ2v) is 5.66. The average Bonchev–Trinajstić information content (AvgIpc) is 2.99. The van der Waals surface area contributed by atoms with Crippen LogP contribution < -0.4 is 10.2 Å². The summed E-state index contributed by atoms with van der Waals surface area (Å²) in [5.41, 5.74) is 0. The molecule has 8 nitrogen and oxygen atoms in total. The Balaban J connectivity index is 2.09. The van der Waals surface area contributed by atoms with Crippen LogP contribution in [0.15, 0.2) is 18.6 Å². The Morgan fingerprint density at radius 2 is 2.22 bits per heavy atom. The fourth-order valence-electron chi connectivity index (χ4n) is 2.83. The van der Waals surface area contributed by atoms with E-state index in [2.05, 4.69) is 15.3 Å². The third-order valence-corrected chi connectivity index (χ3v) is 4.05. The zero-order chi connectivity index (χ0) is 16.8. The fourth-order valence-corrected chi connectivity index (χ4v) is 2.83. The minimum Gasteiger partial charge on any atom is -0.384 e. The molecule has 0 spiro atoms. The van der Waals surface area contributed by atoms with Crippen LogP contribution in [0.4, 0.5) is 5.82 Å². The van der Waals surface area contributed by atoms with E-state index < -0.39 is 0 Å². The quantitative estimate of drug-likeness (QED) is 0.751. The number of likely N-dealkylation sites (N-methyl/N-ethyl adjacent to an activating group) is 2. The van der Waals surface area contributed by atoms with Gasteiger partial charge in [0.15, 0.2) is 0 Å². The lowest BCUT2D eigenvalue weighted by atomic mass is 9.95.